The van der Waals surface area contributed by atoms with E-state index < -0.39 is 0 Å². The molecule has 1 aromatic rings. The van der Waals surface area contributed by atoms with Gasteiger partial charge in [0.1, 0.15) is 7.85 Å². The summed E-state index contributed by atoms with van der Waals surface area (Å²) in [5, 5.41) is 0. The molecule has 1 atom stereocenters. The van der Waals surface area contributed by atoms with E-state index in [1.54, 1.807) is 0 Å². The lowest BCUT2D eigenvalue weighted by Crippen LogP contribution is -2.10. The monoisotopic (exact) mass is 147 g/mol. The number of rotatable bonds is 2. The smallest absolute Gasteiger partial charge is 0.139 e. The highest BCUT2D eigenvalue weighted by Gasteiger charge is 2.00. The Morgan fingerprint density at radius 3 is 2.36 bits per heavy atom. The number of hydrogen-bond donors (Lipinski definition) is 1. The summed E-state index contributed by atoms with van der Waals surface area (Å²) in [6.45, 7) is 2.10. The molecule has 0 aliphatic rings. The quantitative estimate of drug-likeness (QED) is 0.600. The lowest BCUT2D eigenvalue weighted by molar-refractivity contribution is 0.699. The minimum Gasteiger partial charge on any atom is -0.324 e. The zero-order valence-electron chi connectivity index (χ0n) is 7.17. The van der Waals surface area contributed by atoms with E-state index >= 15 is 0 Å². The molecule has 0 bridgehead atoms. The van der Waals surface area contributed by atoms with Crippen molar-refractivity contribution >= 4 is 13.3 Å². The molecular weight excluding hydrogens is 133 g/mol. The zero-order chi connectivity index (χ0) is 8.27. The maximum absolute atomic E-state index is 5.84. The van der Waals surface area contributed by atoms with Crippen LogP contribution in [0.2, 0.25) is 0 Å². The minimum atomic E-state index is 0.204. The fourth-order valence-electron chi connectivity index (χ4n) is 1.05. The van der Waals surface area contributed by atoms with Gasteiger partial charge in [-0.2, -0.15) is 0 Å². The second-order valence-corrected chi connectivity index (χ2v) is 2.93. The highest BCUT2D eigenvalue weighted by Crippen LogP contribution is 2.10. The van der Waals surface area contributed by atoms with Crippen LogP contribution in [0.3, 0.4) is 0 Å². The summed E-state index contributed by atoms with van der Waals surface area (Å²) >= 11 is 0. The van der Waals surface area contributed by atoms with Crippen molar-refractivity contribution in [2.24, 2.45) is 5.73 Å². The van der Waals surface area contributed by atoms with Gasteiger partial charge in [-0.05, 0) is 12.0 Å². The summed E-state index contributed by atoms with van der Waals surface area (Å²) in [6.07, 6.45) is 1.00. The van der Waals surface area contributed by atoms with Crippen molar-refractivity contribution in [1.29, 1.82) is 0 Å². The molecule has 1 unspecified atom stereocenters. The Bertz CT molecular complexity index is 218. The molecule has 1 aromatic carbocycles. The van der Waals surface area contributed by atoms with Gasteiger partial charge in [-0.3, -0.25) is 0 Å². The minimum absolute atomic E-state index is 0.204. The summed E-state index contributed by atoms with van der Waals surface area (Å²) in [7, 11) is 2.08. The van der Waals surface area contributed by atoms with Crippen molar-refractivity contribution in [2.75, 3.05) is 0 Å². The molecule has 0 saturated heterocycles. The predicted octanol–water partition coefficient (Wildman–Crippen LogP) is 0.355. The van der Waals surface area contributed by atoms with Crippen LogP contribution in [0.4, 0.5) is 0 Å². The second-order valence-electron chi connectivity index (χ2n) is 2.93. The van der Waals surface area contributed by atoms with Crippen molar-refractivity contribution in [3.8, 4) is 0 Å². The molecule has 0 heterocycles. The van der Waals surface area contributed by atoms with E-state index in [2.05, 4.69) is 39.0 Å². The standard InChI is InChI=1S/C9H14BN/c1-2-9(11)7-3-5-8(10)6-4-7/h3-6,9H,2,10-11H2,1H3. The molecule has 11 heavy (non-hydrogen) atoms. The third-order valence-corrected chi connectivity index (χ3v) is 1.95. The number of benzene rings is 1. The summed E-state index contributed by atoms with van der Waals surface area (Å²) in [4.78, 5) is 0. The number of hydrogen-bond acceptors (Lipinski definition) is 1. The lowest BCUT2D eigenvalue weighted by Gasteiger charge is -2.08. The Kier molecular flexibility index (Phi) is 2.72. The Labute approximate surface area is 69.0 Å². The molecule has 1 nitrogen and oxygen atoms in total. The summed E-state index contributed by atoms with van der Waals surface area (Å²) in [5.41, 5.74) is 8.37. The van der Waals surface area contributed by atoms with Gasteiger partial charge < -0.3 is 5.73 Å². The van der Waals surface area contributed by atoms with E-state index in [-0.39, 0.29) is 6.04 Å². The molecule has 0 saturated carbocycles. The first-order valence-electron chi connectivity index (χ1n) is 4.06. The lowest BCUT2D eigenvalue weighted by atomic mass is 9.93. The van der Waals surface area contributed by atoms with Gasteiger partial charge in [-0.25, -0.2) is 0 Å². The maximum atomic E-state index is 5.84. The van der Waals surface area contributed by atoms with E-state index in [0.717, 1.165) is 6.42 Å². The molecule has 0 fully saturated rings. The van der Waals surface area contributed by atoms with Crippen molar-refractivity contribution in [1.82, 2.24) is 0 Å². The second kappa shape index (κ2) is 3.58. The van der Waals surface area contributed by atoms with Crippen LogP contribution in [0, 0.1) is 0 Å². The average Bonchev–Trinajstić information content (AvgIpc) is 2.05. The van der Waals surface area contributed by atoms with E-state index in [9.17, 15) is 0 Å². The molecule has 0 aliphatic carbocycles. The maximum Gasteiger partial charge on any atom is 0.139 e. The van der Waals surface area contributed by atoms with Crippen molar-refractivity contribution in [3.63, 3.8) is 0 Å². The normalized spacial score (nSPS) is 12.9. The summed E-state index contributed by atoms with van der Waals surface area (Å²) in [6, 6.07) is 8.61. The van der Waals surface area contributed by atoms with Crippen molar-refractivity contribution in [3.05, 3.63) is 29.8 Å². The molecule has 0 amide bonds. The van der Waals surface area contributed by atoms with Crippen LogP contribution in [0.5, 0.6) is 0 Å². The summed E-state index contributed by atoms with van der Waals surface area (Å²) in [5.74, 6) is 0. The van der Waals surface area contributed by atoms with Crippen LogP contribution >= 0.6 is 0 Å². The Hall–Kier alpha value is -0.755. The van der Waals surface area contributed by atoms with Gasteiger partial charge in [0.25, 0.3) is 0 Å². The van der Waals surface area contributed by atoms with E-state index in [0.29, 0.717) is 0 Å². The Balaban J connectivity index is 2.81. The molecule has 0 spiro atoms. The molecule has 1 rings (SSSR count). The average molecular weight is 147 g/mol. The van der Waals surface area contributed by atoms with Gasteiger partial charge in [0.2, 0.25) is 0 Å². The fourth-order valence-corrected chi connectivity index (χ4v) is 1.05. The van der Waals surface area contributed by atoms with Gasteiger partial charge in [0.05, 0.1) is 0 Å². The Morgan fingerprint density at radius 2 is 1.91 bits per heavy atom. The van der Waals surface area contributed by atoms with Gasteiger partial charge in [-0.1, -0.05) is 36.7 Å². The van der Waals surface area contributed by atoms with Crippen LogP contribution in [0.25, 0.3) is 0 Å². The molecule has 58 valence electrons. The fraction of sp³-hybridized carbons (Fsp3) is 0.333. The first-order chi connectivity index (χ1) is 5.24. The van der Waals surface area contributed by atoms with Gasteiger partial charge in [-0.15, -0.1) is 0 Å². The topological polar surface area (TPSA) is 26.0 Å². The Morgan fingerprint density at radius 1 is 1.36 bits per heavy atom. The van der Waals surface area contributed by atoms with Crippen LogP contribution < -0.4 is 11.2 Å². The van der Waals surface area contributed by atoms with Crippen LogP contribution in [-0.4, -0.2) is 7.85 Å². The molecule has 0 radical (unpaired) electrons. The predicted molar refractivity (Wildman–Crippen MR) is 51.8 cm³/mol. The molecular formula is C9H14BN. The van der Waals surface area contributed by atoms with Gasteiger partial charge >= 0.3 is 0 Å². The molecule has 0 aliphatic heterocycles. The van der Waals surface area contributed by atoms with E-state index in [1.165, 1.54) is 11.0 Å². The van der Waals surface area contributed by atoms with Crippen molar-refractivity contribution in [2.45, 2.75) is 19.4 Å². The zero-order valence-corrected chi connectivity index (χ0v) is 7.17. The summed E-state index contributed by atoms with van der Waals surface area (Å²) < 4.78 is 0. The number of nitrogens with two attached hydrogens (primary N) is 1. The SMILES string of the molecule is Bc1ccc(C(N)CC)cc1. The highest BCUT2D eigenvalue weighted by molar-refractivity contribution is 6.32. The third kappa shape index (κ3) is 2.09. The third-order valence-electron chi connectivity index (χ3n) is 1.95. The first kappa shape index (κ1) is 8.34. The van der Waals surface area contributed by atoms with Crippen LogP contribution in [0.1, 0.15) is 24.9 Å². The molecule has 2 N–H and O–H groups in total. The van der Waals surface area contributed by atoms with Gasteiger partial charge in [0, 0.05) is 6.04 Å². The first-order valence-corrected chi connectivity index (χ1v) is 4.06. The molecule has 2 heteroatoms. The van der Waals surface area contributed by atoms with Gasteiger partial charge in [0.15, 0.2) is 0 Å². The largest absolute Gasteiger partial charge is 0.324 e. The van der Waals surface area contributed by atoms with Crippen LogP contribution in [0.15, 0.2) is 24.3 Å². The van der Waals surface area contributed by atoms with Crippen molar-refractivity contribution < 1.29 is 0 Å². The van der Waals surface area contributed by atoms with E-state index in [1.807, 2.05) is 0 Å². The van der Waals surface area contributed by atoms with E-state index in [4.69, 9.17) is 5.73 Å². The van der Waals surface area contributed by atoms with Crippen LogP contribution in [-0.2, 0) is 0 Å². The molecule has 0 aromatic heterocycles. The highest BCUT2D eigenvalue weighted by atomic mass is 14.6.